The van der Waals surface area contributed by atoms with Crippen LogP contribution in [0.15, 0.2) is 36.4 Å². The number of amides is 2. The van der Waals surface area contributed by atoms with Crippen molar-refractivity contribution in [3.8, 4) is 0 Å². The van der Waals surface area contributed by atoms with Crippen LogP contribution in [-0.2, 0) is 9.59 Å². The minimum Gasteiger partial charge on any atom is -0.343 e. The Morgan fingerprint density at radius 2 is 1.96 bits per heavy atom. The lowest BCUT2D eigenvalue weighted by atomic mass is 9.77. The lowest BCUT2D eigenvalue weighted by Crippen LogP contribution is -2.44. The third kappa shape index (κ3) is 4.70. The number of carbonyl (C=O) groups excluding carboxylic acids is 2. The molecule has 2 amide bonds. The second kappa shape index (κ2) is 8.76. The molecule has 3 rings (SSSR count). The van der Waals surface area contributed by atoms with Gasteiger partial charge in [-0.25, -0.2) is 0 Å². The molecule has 0 bridgehead atoms. The minimum atomic E-state index is 0.0773. The molecule has 0 N–H and O–H groups in total. The Balaban J connectivity index is 1.50. The highest BCUT2D eigenvalue weighted by molar-refractivity contribution is 7.98. The van der Waals surface area contributed by atoms with E-state index in [0.29, 0.717) is 19.4 Å². The first-order valence-electron chi connectivity index (χ1n) is 9.38. The fourth-order valence-corrected chi connectivity index (χ4v) is 4.32. The molecular weight excluding hydrogens is 344 g/mol. The highest BCUT2D eigenvalue weighted by atomic mass is 32.2. The number of rotatable bonds is 6. The van der Waals surface area contributed by atoms with Crippen molar-refractivity contribution in [1.82, 2.24) is 9.80 Å². The summed E-state index contributed by atoms with van der Waals surface area (Å²) in [5.74, 6) is 1.41. The van der Waals surface area contributed by atoms with E-state index >= 15 is 0 Å². The molecule has 140 valence electrons. The van der Waals surface area contributed by atoms with Crippen LogP contribution in [0.1, 0.15) is 31.2 Å². The number of carbonyl (C=O) groups is 2. The van der Waals surface area contributed by atoms with Gasteiger partial charge in [0.1, 0.15) is 0 Å². The van der Waals surface area contributed by atoms with Crippen LogP contribution in [0.5, 0.6) is 0 Å². The molecule has 0 aromatic heterocycles. The predicted molar refractivity (Wildman–Crippen MR) is 108 cm³/mol. The Morgan fingerprint density at radius 1 is 1.23 bits per heavy atom. The molecule has 1 spiro atoms. The zero-order chi connectivity index (χ0) is 18.4. The van der Waals surface area contributed by atoms with Gasteiger partial charge in [-0.1, -0.05) is 42.5 Å². The van der Waals surface area contributed by atoms with Crippen molar-refractivity contribution in [2.24, 2.45) is 5.41 Å². The lowest BCUT2D eigenvalue weighted by molar-refractivity contribution is -0.132. The number of hydrogen-bond acceptors (Lipinski definition) is 3. The van der Waals surface area contributed by atoms with E-state index in [9.17, 15) is 9.59 Å². The Labute approximate surface area is 160 Å². The SMILES string of the molecule is CSCCC(=O)N1CCC2(CC1)CC(=O)N(CC=Cc1ccccc1)C2. The van der Waals surface area contributed by atoms with Crippen LogP contribution in [0, 0.1) is 5.41 Å². The largest absolute Gasteiger partial charge is 0.343 e. The summed E-state index contributed by atoms with van der Waals surface area (Å²) in [5.41, 5.74) is 1.24. The summed E-state index contributed by atoms with van der Waals surface area (Å²) in [6.07, 6.45) is 9.34. The summed E-state index contributed by atoms with van der Waals surface area (Å²) < 4.78 is 0. The summed E-state index contributed by atoms with van der Waals surface area (Å²) in [6.45, 7) is 3.10. The molecule has 2 fully saturated rings. The maximum Gasteiger partial charge on any atom is 0.223 e. The third-order valence-electron chi connectivity index (χ3n) is 5.54. The number of nitrogens with zero attached hydrogens (tertiary/aromatic N) is 2. The van der Waals surface area contributed by atoms with Crippen LogP contribution in [0.2, 0.25) is 0 Å². The molecule has 26 heavy (non-hydrogen) atoms. The molecule has 0 saturated carbocycles. The second-order valence-electron chi connectivity index (χ2n) is 7.39. The summed E-state index contributed by atoms with van der Waals surface area (Å²) >= 11 is 1.71. The molecule has 0 atom stereocenters. The van der Waals surface area contributed by atoms with Gasteiger partial charge in [0, 0.05) is 50.2 Å². The summed E-state index contributed by atoms with van der Waals surface area (Å²) in [4.78, 5) is 28.6. The predicted octanol–water partition coefficient (Wildman–Crippen LogP) is 3.29. The number of likely N-dealkylation sites (tertiary alicyclic amines) is 2. The third-order valence-corrected chi connectivity index (χ3v) is 6.15. The molecule has 2 aliphatic rings. The topological polar surface area (TPSA) is 40.6 Å². The van der Waals surface area contributed by atoms with Crippen molar-refractivity contribution in [2.45, 2.75) is 25.7 Å². The van der Waals surface area contributed by atoms with Crippen LogP contribution in [0.3, 0.4) is 0 Å². The van der Waals surface area contributed by atoms with E-state index < -0.39 is 0 Å². The maximum atomic E-state index is 12.5. The van der Waals surface area contributed by atoms with Gasteiger partial charge in [0.15, 0.2) is 0 Å². The van der Waals surface area contributed by atoms with E-state index in [-0.39, 0.29) is 17.2 Å². The average molecular weight is 373 g/mol. The first-order chi connectivity index (χ1) is 12.6. The Bertz CT molecular complexity index is 651. The molecular formula is C21H28N2O2S. The molecule has 4 nitrogen and oxygen atoms in total. The quantitative estimate of drug-likeness (QED) is 0.769. The zero-order valence-electron chi connectivity index (χ0n) is 15.5. The standard InChI is InChI=1S/C21H28N2O2S/c1-26-15-9-19(24)22-13-10-21(11-14-22)16-20(25)23(17-21)12-5-8-18-6-3-2-4-7-18/h2-8H,9-17H2,1H3. The number of piperidine rings is 1. The number of benzene rings is 1. The molecule has 0 radical (unpaired) electrons. The van der Waals surface area contributed by atoms with Gasteiger partial charge in [-0.3, -0.25) is 9.59 Å². The normalized spacial score (nSPS) is 19.7. The number of thioether (sulfide) groups is 1. The monoisotopic (exact) mass is 372 g/mol. The van der Waals surface area contributed by atoms with Gasteiger partial charge in [0.05, 0.1) is 0 Å². The zero-order valence-corrected chi connectivity index (χ0v) is 16.3. The highest BCUT2D eigenvalue weighted by Gasteiger charge is 2.44. The van der Waals surface area contributed by atoms with Gasteiger partial charge in [-0.2, -0.15) is 11.8 Å². The lowest BCUT2D eigenvalue weighted by Gasteiger charge is -2.38. The van der Waals surface area contributed by atoms with Crippen molar-refractivity contribution in [1.29, 1.82) is 0 Å². The molecule has 0 unspecified atom stereocenters. The van der Waals surface area contributed by atoms with Gasteiger partial charge < -0.3 is 9.80 Å². The van der Waals surface area contributed by atoms with E-state index in [1.165, 1.54) is 0 Å². The fraction of sp³-hybridized carbons (Fsp3) is 0.524. The molecule has 0 aliphatic carbocycles. The van der Waals surface area contributed by atoms with Gasteiger partial charge in [0.25, 0.3) is 0 Å². The van der Waals surface area contributed by atoms with Crippen molar-refractivity contribution in [3.05, 3.63) is 42.0 Å². The molecule has 5 heteroatoms. The van der Waals surface area contributed by atoms with E-state index in [1.54, 1.807) is 11.8 Å². The first-order valence-corrected chi connectivity index (χ1v) is 10.8. The Kier molecular flexibility index (Phi) is 6.41. The van der Waals surface area contributed by atoms with Crippen LogP contribution >= 0.6 is 11.8 Å². The first kappa shape index (κ1) is 19.0. The summed E-state index contributed by atoms with van der Waals surface area (Å²) in [6, 6.07) is 10.2. The van der Waals surface area contributed by atoms with Crippen LogP contribution in [-0.4, -0.2) is 59.8 Å². The van der Waals surface area contributed by atoms with E-state index in [2.05, 4.69) is 24.3 Å². The van der Waals surface area contributed by atoms with Crippen LogP contribution in [0.25, 0.3) is 6.08 Å². The highest BCUT2D eigenvalue weighted by Crippen LogP contribution is 2.41. The second-order valence-corrected chi connectivity index (χ2v) is 8.37. The molecule has 2 saturated heterocycles. The Hall–Kier alpha value is -1.75. The van der Waals surface area contributed by atoms with Gasteiger partial charge >= 0.3 is 0 Å². The molecule has 1 aromatic rings. The van der Waals surface area contributed by atoms with Crippen molar-refractivity contribution < 1.29 is 9.59 Å². The van der Waals surface area contributed by atoms with E-state index in [4.69, 9.17) is 0 Å². The van der Waals surface area contributed by atoms with Crippen LogP contribution < -0.4 is 0 Å². The minimum absolute atomic E-state index is 0.0773. The number of hydrogen-bond donors (Lipinski definition) is 0. The summed E-state index contributed by atoms with van der Waals surface area (Å²) in [7, 11) is 0. The van der Waals surface area contributed by atoms with E-state index in [1.807, 2.05) is 34.3 Å². The smallest absolute Gasteiger partial charge is 0.223 e. The van der Waals surface area contributed by atoms with Crippen LogP contribution in [0.4, 0.5) is 0 Å². The van der Waals surface area contributed by atoms with E-state index in [0.717, 1.165) is 43.8 Å². The van der Waals surface area contributed by atoms with Crippen molar-refractivity contribution in [3.63, 3.8) is 0 Å². The Morgan fingerprint density at radius 3 is 2.65 bits per heavy atom. The van der Waals surface area contributed by atoms with Crippen molar-refractivity contribution in [2.75, 3.05) is 38.2 Å². The van der Waals surface area contributed by atoms with Gasteiger partial charge in [0.2, 0.25) is 11.8 Å². The van der Waals surface area contributed by atoms with Crippen molar-refractivity contribution >= 4 is 29.7 Å². The van der Waals surface area contributed by atoms with Gasteiger partial charge in [-0.15, -0.1) is 0 Å². The summed E-state index contributed by atoms with van der Waals surface area (Å²) in [5, 5.41) is 0. The average Bonchev–Trinajstić information content (AvgIpc) is 2.96. The maximum absolute atomic E-state index is 12.5. The molecule has 2 aliphatic heterocycles. The molecule has 1 aromatic carbocycles. The molecule has 2 heterocycles. The fourth-order valence-electron chi connectivity index (χ4n) is 3.94. The van der Waals surface area contributed by atoms with Gasteiger partial charge in [-0.05, 0) is 24.7 Å².